The molecule has 2 aliphatic heterocycles. The molecule has 2 fully saturated rings. The molecule has 1 aliphatic carbocycles. The van der Waals surface area contributed by atoms with Crippen molar-refractivity contribution < 1.29 is 18.3 Å². The molecule has 0 N–H and O–H groups in total. The molecular formula is C33H36F2N6O2. The number of amides is 1. The third-order valence-electron chi connectivity index (χ3n) is 9.11. The summed E-state index contributed by atoms with van der Waals surface area (Å²) in [5, 5.41) is 0.521. The van der Waals surface area contributed by atoms with Crippen molar-refractivity contribution in [1.29, 1.82) is 0 Å². The van der Waals surface area contributed by atoms with Crippen molar-refractivity contribution in [3.8, 4) is 17.1 Å². The molecule has 0 saturated carbocycles. The van der Waals surface area contributed by atoms with Gasteiger partial charge in [-0.25, -0.2) is 15.4 Å². The molecule has 1 amide bonds. The van der Waals surface area contributed by atoms with E-state index in [1.54, 1.807) is 6.07 Å². The minimum atomic E-state index is -1.05. The van der Waals surface area contributed by atoms with Crippen LogP contribution < -0.4 is 9.64 Å². The number of piperazine rings is 1. The largest absolute Gasteiger partial charge is 0.462 e. The zero-order valence-electron chi connectivity index (χ0n) is 24.5. The summed E-state index contributed by atoms with van der Waals surface area (Å²) >= 11 is 0. The van der Waals surface area contributed by atoms with E-state index in [2.05, 4.69) is 34.4 Å². The van der Waals surface area contributed by atoms with E-state index < -0.39 is 23.6 Å². The van der Waals surface area contributed by atoms with E-state index in [-0.39, 0.29) is 37.2 Å². The van der Waals surface area contributed by atoms with Crippen LogP contribution in [0, 0.1) is 12.4 Å². The fourth-order valence-electron chi connectivity index (χ4n) is 6.77. The fraction of sp³-hybridized carbons (Fsp3) is 0.455. The van der Waals surface area contributed by atoms with Crippen LogP contribution in [0.5, 0.6) is 6.01 Å². The maximum atomic E-state index is 16.6. The molecule has 3 heterocycles. The normalized spacial score (nSPS) is 20.6. The number of aromatic nitrogens is 2. The van der Waals surface area contributed by atoms with Crippen LogP contribution in [0.3, 0.4) is 0 Å². The molecule has 0 unspecified atom stereocenters. The number of ether oxygens (including phenoxy) is 1. The number of rotatable bonds is 7. The number of nitrogens with zero attached hydrogens (tertiary/aromatic N) is 6. The Morgan fingerprint density at radius 1 is 1.09 bits per heavy atom. The fourth-order valence-corrected chi connectivity index (χ4v) is 6.77. The SMILES string of the molecule is [C-]#[N+]C[C@H]1CN(c2nc(OC[C@@H]3CCCN3C)nc3c(F)c(-c4cccc5c4CCCC5)ccc23)CCN1C(=O)C(=C)F. The number of carbonyl (C=O) groups is 1. The van der Waals surface area contributed by atoms with Gasteiger partial charge in [-0.1, -0.05) is 30.8 Å². The lowest BCUT2D eigenvalue weighted by Gasteiger charge is -2.39. The van der Waals surface area contributed by atoms with E-state index in [9.17, 15) is 9.18 Å². The summed E-state index contributed by atoms with van der Waals surface area (Å²) in [6.07, 6.45) is 6.21. The van der Waals surface area contributed by atoms with Crippen LogP contribution in [0.1, 0.15) is 36.8 Å². The highest BCUT2D eigenvalue weighted by molar-refractivity contribution is 5.94. The molecular weight excluding hydrogens is 550 g/mol. The average Bonchev–Trinajstić information content (AvgIpc) is 3.44. The van der Waals surface area contributed by atoms with Crippen LogP contribution in [-0.4, -0.2) is 84.1 Å². The highest BCUT2D eigenvalue weighted by Gasteiger charge is 2.35. The molecule has 6 rings (SSSR count). The van der Waals surface area contributed by atoms with Crippen LogP contribution in [0.4, 0.5) is 14.6 Å². The number of likely N-dealkylation sites (N-methyl/N-ethyl adjacent to an activating group) is 1. The maximum absolute atomic E-state index is 16.6. The van der Waals surface area contributed by atoms with Gasteiger partial charge in [0.15, 0.2) is 11.6 Å². The highest BCUT2D eigenvalue weighted by atomic mass is 19.1. The molecule has 43 heavy (non-hydrogen) atoms. The second-order valence-electron chi connectivity index (χ2n) is 11.7. The highest BCUT2D eigenvalue weighted by Crippen LogP contribution is 2.38. The lowest BCUT2D eigenvalue weighted by Crippen LogP contribution is -2.56. The van der Waals surface area contributed by atoms with E-state index in [1.165, 1.54) is 16.0 Å². The van der Waals surface area contributed by atoms with Gasteiger partial charge in [-0.15, -0.1) is 0 Å². The van der Waals surface area contributed by atoms with E-state index >= 15 is 4.39 Å². The summed E-state index contributed by atoms with van der Waals surface area (Å²) < 4.78 is 36.5. The Morgan fingerprint density at radius 2 is 1.93 bits per heavy atom. The molecule has 10 heteroatoms. The summed E-state index contributed by atoms with van der Waals surface area (Å²) in [6, 6.07) is 9.49. The van der Waals surface area contributed by atoms with Crippen LogP contribution >= 0.6 is 0 Å². The molecule has 2 atom stereocenters. The number of carbonyl (C=O) groups excluding carboxylic acids is 1. The first-order chi connectivity index (χ1) is 20.9. The van der Waals surface area contributed by atoms with E-state index in [4.69, 9.17) is 16.3 Å². The number of hydrogen-bond donors (Lipinski definition) is 0. The summed E-state index contributed by atoms with van der Waals surface area (Å²) in [6.45, 7) is 12.7. The van der Waals surface area contributed by atoms with Crippen molar-refractivity contribution in [2.45, 2.75) is 50.6 Å². The third-order valence-corrected chi connectivity index (χ3v) is 9.11. The van der Waals surface area contributed by atoms with Crippen LogP contribution in [0.15, 0.2) is 42.7 Å². The molecule has 224 valence electrons. The predicted molar refractivity (Wildman–Crippen MR) is 162 cm³/mol. The first kappa shape index (κ1) is 29.0. The van der Waals surface area contributed by atoms with Crippen LogP contribution in [0.25, 0.3) is 26.9 Å². The van der Waals surface area contributed by atoms with Gasteiger partial charge in [0.1, 0.15) is 24.0 Å². The molecule has 3 aromatic rings. The molecule has 2 aromatic carbocycles. The minimum absolute atomic E-state index is 0.00641. The second kappa shape index (κ2) is 12.3. The Hall–Kier alpha value is -4.10. The monoisotopic (exact) mass is 586 g/mol. The number of anilines is 1. The van der Waals surface area contributed by atoms with Gasteiger partial charge < -0.3 is 24.3 Å². The van der Waals surface area contributed by atoms with Gasteiger partial charge in [0.2, 0.25) is 6.54 Å². The second-order valence-corrected chi connectivity index (χ2v) is 11.7. The number of likely N-dealkylation sites (tertiary alicyclic amines) is 1. The lowest BCUT2D eigenvalue weighted by molar-refractivity contribution is -0.131. The predicted octanol–water partition coefficient (Wildman–Crippen LogP) is 5.21. The van der Waals surface area contributed by atoms with Gasteiger partial charge in [-0.05, 0) is 74.9 Å². The smallest absolute Gasteiger partial charge is 0.319 e. The van der Waals surface area contributed by atoms with Gasteiger partial charge >= 0.3 is 6.01 Å². The quantitative estimate of drug-likeness (QED) is 0.280. The van der Waals surface area contributed by atoms with Gasteiger partial charge in [0.05, 0.1) is 0 Å². The van der Waals surface area contributed by atoms with E-state index in [0.29, 0.717) is 29.9 Å². The van der Waals surface area contributed by atoms with Gasteiger partial charge in [-0.3, -0.25) is 4.79 Å². The van der Waals surface area contributed by atoms with Gasteiger partial charge in [0, 0.05) is 36.6 Å². The Morgan fingerprint density at radius 3 is 2.70 bits per heavy atom. The molecule has 2 saturated heterocycles. The number of fused-ring (bicyclic) bond motifs is 2. The van der Waals surface area contributed by atoms with Crippen molar-refractivity contribution in [3.05, 3.63) is 71.1 Å². The van der Waals surface area contributed by atoms with Gasteiger partial charge in [-0.2, -0.15) is 9.97 Å². The molecule has 8 nitrogen and oxygen atoms in total. The maximum Gasteiger partial charge on any atom is 0.319 e. The van der Waals surface area contributed by atoms with Crippen molar-refractivity contribution >= 4 is 22.6 Å². The number of hydrogen-bond acceptors (Lipinski definition) is 6. The van der Waals surface area contributed by atoms with Crippen molar-refractivity contribution in [2.24, 2.45) is 0 Å². The minimum Gasteiger partial charge on any atom is -0.462 e. The zero-order valence-corrected chi connectivity index (χ0v) is 24.5. The Balaban J connectivity index is 1.42. The Labute approximate surface area is 250 Å². The van der Waals surface area contributed by atoms with Gasteiger partial charge in [0.25, 0.3) is 5.91 Å². The lowest BCUT2D eigenvalue weighted by atomic mass is 9.85. The molecule has 3 aliphatic rings. The van der Waals surface area contributed by atoms with Crippen LogP contribution in [-0.2, 0) is 17.6 Å². The molecule has 0 spiro atoms. The van der Waals surface area contributed by atoms with Crippen molar-refractivity contribution in [1.82, 2.24) is 19.8 Å². The number of aryl methyl sites for hydroxylation is 1. The standard InChI is InChI=1S/C33H36F2N6O2/c1-21(34)32(42)41-17-16-40(19-24(41)18-36-2)31-28-14-13-27(26-12-6-9-22-8-4-5-11-25(22)26)29(35)30(28)37-33(38-31)43-20-23-10-7-15-39(23)3/h6,9,12-14,23-24H,1,4-5,7-8,10-11,15-20H2,3H3/t23-,24-/m0/s1. The van der Waals surface area contributed by atoms with Crippen LogP contribution in [0.2, 0.25) is 0 Å². The average molecular weight is 587 g/mol. The first-order valence-corrected chi connectivity index (χ1v) is 15.0. The summed E-state index contributed by atoms with van der Waals surface area (Å²) in [5.74, 6) is -1.82. The topological polar surface area (TPSA) is 66.2 Å². The summed E-state index contributed by atoms with van der Waals surface area (Å²) in [5.41, 5.74) is 4.02. The van der Waals surface area contributed by atoms with Crippen molar-refractivity contribution in [2.75, 3.05) is 51.3 Å². The third kappa shape index (κ3) is 5.66. The molecule has 0 bridgehead atoms. The molecule has 0 radical (unpaired) electrons. The number of benzene rings is 2. The number of halogens is 2. The summed E-state index contributed by atoms with van der Waals surface area (Å²) in [7, 11) is 2.06. The Bertz CT molecular complexity index is 1600. The zero-order chi connectivity index (χ0) is 30.1. The Kier molecular flexibility index (Phi) is 8.26. The first-order valence-electron chi connectivity index (χ1n) is 15.0. The van der Waals surface area contributed by atoms with E-state index in [1.807, 2.05) is 23.1 Å². The van der Waals surface area contributed by atoms with Crippen molar-refractivity contribution in [3.63, 3.8) is 0 Å². The summed E-state index contributed by atoms with van der Waals surface area (Å²) in [4.78, 5) is 30.8. The van der Waals surface area contributed by atoms with E-state index in [0.717, 1.165) is 50.6 Å². The molecule has 1 aromatic heterocycles.